The highest BCUT2D eigenvalue weighted by Crippen LogP contribution is 2.14. The minimum absolute atomic E-state index is 1.01. The average molecular weight is 188 g/mol. The van der Waals surface area contributed by atoms with Crippen LogP contribution in [-0.4, -0.2) is 0 Å². The molecule has 14 heavy (non-hydrogen) atoms. The van der Waals surface area contributed by atoms with E-state index in [1.54, 1.807) is 0 Å². The Labute approximate surface area is 87.7 Å². The first-order chi connectivity index (χ1) is 6.65. The van der Waals surface area contributed by atoms with Crippen molar-refractivity contribution >= 4 is 0 Å². The predicted molar refractivity (Wildman–Crippen MR) is 63.7 cm³/mol. The van der Waals surface area contributed by atoms with Gasteiger partial charge in [-0.15, -0.1) is 0 Å². The fourth-order valence-electron chi connectivity index (χ4n) is 1.70. The molecule has 1 aromatic carbocycles. The summed E-state index contributed by atoms with van der Waals surface area (Å²) in [5.74, 6) is 0. The second-order valence-corrected chi connectivity index (χ2v) is 4.00. The van der Waals surface area contributed by atoms with E-state index < -0.39 is 0 Å². The quantitative estimate of drug-likeness (QED) is 0.628. The number of hydrogen-bond acceptors (Lipinski definition) is 0. The molecule has 0 bridgehead atoms. The van der Waals surface area contributed by atoms with Crippen molar-refractivity contribution in [3.05, 3.63) is 47.0 Å². The van der Waals surface area contributed by atoms with Crippen molar-refractivity contribution in [2.75, 3.05) is 0 Å². The van der Waals surface area contributed by atoms with E-state index in [1.165, 1.54) is 22.3 Å². The summed E-state index contributed by atoms with van der Waals surface area (Å²) < 4.78 is 0. The van der Waals surface area contributed by atoms with Gasteiger partial charge in [0.15, 0.2) is 0 Å². The minimum atomic E-state index is 1.01. The second kappa shape index (κ2) is 4.99. The number of benzene rings is 1. The molecule has 0 aliphatic rings. The molecule has 0 nitrogen and oxygen atoms in total. The fourth-order valence-corrected chi connectivity index (χ4v) is 1.70. The SMILES string of the molecule is C=C(C)Cc1cc(CC)cc(CC)c1. The summed E-state index contributed by atoms with van der Waals surface area (Å²) in [6.45, 7) is 10.5. The molecule has 0 fully saturated rings. The van der Waals surface area contributed by atoms with Crippen LogP contribution in [0.15, 0.2) is 30.4 Å². The van der Waals surface area contributed by atoms with Crippen LogP contribution in [0.4, 0.5) is 0 Å². The molecule has 0 N–H and O–H groups in total. The van der Waals surface area contributed by atoms with Crippen molar-refractivity contribution in [3.8, 4) is 0 Å². The molecule has 0 saturated heterocycles. The van der Waals surface area contributed by atoms with Gasteiger partial charge in [-0.1, -0.05) is 44.2 Å². The van der Waals surface area contributed by atoms with E-state index in [0.29, 0.717) is 0 Å². The van der Waals surface area contributed by atoms with Crippen molar-refractivity contribution in [1.29, 1.82) is 0 Å². The lowest BCUT2D eigenvalue weighted by Gasteiger charge is -2.07. The number of hydrogen-bond donors (Lipinski definition) is 0. The first kappa shape index (κ1) is 11.0. The van der Waals surface area contributed by atoms with E-state index in [0.717, 1.165) is 19.3 Å². The Morgan fingerprint density at radius 1 is 1.00 bits per heavy atom. The van der Waals surface area contributed by atoms with Crippen molar-refractivity contribution in [2.45, 2.75) is 40.0 Å². The smallest absolute Gasteiger partial charge is 0.00724 e. The van der Waals surface area contributed by atoms with Crippen LogP contribution < -0.4 is 0 Å². The van der Waals surface area contributed by atoms with Crippen LogP contribution in [0.3, 0.4) is 0 Å². The van der Waals surface area contributed by atoms with Crippen molar-refractivity contribution in [3.63, 3.8) is 0 Å². The van der Waals surface area contributed by atoms with Gasteiger partial charge in [0.05, 0.1) is 0 Å². The van der Waals surface area contributed by atoms with E-state index in [4.69, 9.17) is 0 Å². The van der Waals surface area contributed by atoms with Crippen molar-refractivity contribution < 1.29 is 0 Å². The second-order valence-electron chi connectivity index (χ2n) is 4.00. The first-order valence-corrected chi connectivity index (χ1v) is 5.41. The van der Waals surface area contributed by atoms with Gasteiger partial charge in [-0.25, -0.2) is 0 Å². The third-order valence-electron chi connectivity index (χ3n) is 2.43. The third-order valence-corrected chi connectivity index (χ3v) is 2.43. The van der Waals surface area contributed by atoms with Gasteiger partial charge in [-0.05, 0) is 42.9 Å². The van der Waals surface area contributed by atoms with Gasteiger partial charge >= 0.3 is 0 Å². The van der Waals surface area contributed by atoms with Gasteiger partial charge < -0.3 is 0 Å². The number of allylic oxidation sites excluding steroid dienone is 1. The highest BCUT2D eigenvalue weighted by molar-refractivity contribution is 5.32. The molecule has 0 aromatic heterocycles. The fraction of sp³-hybridized carbons (Fsp3) is 0.429. The van der Waals surface area contributed by atoms with Crippen LogP contribution in [0.1, 0.15) is 37.5 Å². The molecule has 0 atom stereocenters. The maximum Gasteiger partial charge on any atom is -0.00724 e. The molecule has 0 amide bonds. The number of rotatable bonds is 4. The van der Waals surface area contributed by atoms with Crippen molar-refractivity contribution in [1.82, 2.24) is 0 Å². The van der Waals surface area contributed by atoms with Crippen molar-refractivity contribution in [2.24, 2.45) is 0 Å². The zero-order chi connectivity index (χ0) is 10.6. The molecule has 76 valence electrons. The molecule has 0 saturated carbocycles. The van der Waals surface area contributed by atoms with Gasteiger partial charge in [0.2, 0.25) is 0 Å². The molecule has 0 spiro atoms. The van der Waals surface area contributed by atoms with Gasteiger partial charge in [0, 0.05) is 0 Å². The molecular weight excluding hydrogens is 168 g/mol. The van der Waals surface area contributed by atoms with Gasteiger partial charge in [0.25, 0.3) is 0 Å². The molecule has 0 unspecified atom stereocenters. The standard InChI is InChI=1S/C14H20/c1-5-12-8-13(6-2)10-14(9-12)7-11(3)4/h8-10H,3,5-7H2,1-2,4H3. The molecule has 0 aliphatic heterocycles. The summed E-state index contributed by atoms with van der Waals surface area (Å²) in [5, 5.41) is 0. The largest absolute Gasteiger partial charge is 0.0998 e. The van der Waals surface area contributed by atoms with E-state index in [1.807, 2.05) is 0 Å². The zero-order valence-electron chi connectivity index (χ0n) is 9.56. The van der Waals surface area contributed by atoms with E-state index in [9.17, 15) is 0 Å². The Bertz CT molecular complexity index is 299. The summed E-state index contributed by atoms with van der Waals surface area (Å²) in [4.78, 5) is 0. The van der Waals surface area contributed by atoms with Crippen LogP contribution in [0.25, 0.3) is 0 Å². The molecule has 0 heteroatoms. The lowest BCUT2D eigenvalue weighted by atomic mass is 9.99. The Hall–Kier alpha value is -1.04. The maximum atomic E-state index is 3.96. The summed E-state index contributed by atoms with van der Waals surface area (Å²) in [6, 6.07) is 6.91. The maximum absolute atomic E-state index is 3.96. The predicted octanol–water partition coefficient (Wildman–Crippen LogP) is 3.93. The van der Waals surface area contributed by atoms with Crippen LogP contribution in [0.2, 0.25) is 0 Å². The zero-order valence-corrected chi connectivity index (χ0v) is 9.56. The monoisotopic (exact) mass is 188 g/mol. The van der Waals surface area contributed by atoms with Crippen LogP contribution in [0.5, 0.6) is 0 Å². The van der Waals surface area contributed by atoms with Gasteiger partial charge in [-0.2, -0.15) is 0 Å². The molecule has 1 aromatic rings. The summed E-state index contributed by atoms with van der Waals surface area (Å²) in [6.07, 6.45) is 3.26. The van der Waals surface area contributed by atoms with E-state index in [-0.39, 0.29) is 0 Å². The summed E-state index contributed by atoms with van der Waals surface area (Å²) in [7, 11) is 0. The average Bonchev–Trinajstić information content (AvgIpc) is 2.16. The van der Waals surface area contributed by atoms with Crippen LogP contribution in [-0.2, 0) is 19.3 Å². The minimum Gasteiger partial charge on any atom is -0.0998 e. The molecule has 1 rings (SSSR count). The third kappa shape index (κ3) is 3.02. The first-order valence-electron chi connectivity index (χ1n) is 5.41. The normalized spacial score (nSPS) is 10.2. The number of aryl methyl sites for hydroxylation is 2. The Morgan fingerprint density at radius 3 is 1.79 bits per heavy atom. The lowest BCUT2D eigenvalue weighted by Crippen LogP contribution is -1.92. The molecule has 0 radical (unpaired) electrons. The van der Waals surface area contributed by atoms with E-state index in [2.05, 4.69) is 45.5 Å². The highest BCUT2D eigenvalue weighted by Gasteiger charge is 1.99. The Kier molecular flexibility index (Phi) is 3.94. The van der Waals surface area contributed by atoms with Gasteiger partial charge in [-0.3, -0.25) is 0 Å². The molecule has 0 aliphatic carbocycles. The summed E-state index contributed by atoms with van der Waals surface area (Å²) in [5.41, 5.74) is 5.54. The van der Waals surface area contributed by atoms with Crippen LogP contribution >= 0.6 is 0 Å². The Balaban J connectivity index is 2.98. The lowest BCUT2D eigenvalue weighted by molar-refractivity contribution is 1.05. The molecular formula is C14H20. The van der Waals surface area contributed by atoms with Gasteiger partial charge in [0.1, 0.15) is 0 Å². The summed E-state index contributed by atoms with van der Waals surface area (Å²) >= 11 is 0. The molecule has 0 heterocycles. The topological polar surface area (TPSA) is 0 Å². The Morgan fingerprint density at radius 2 is 1.43 bits per heavy atom. The van der Waals surface area contributed by atoms with E-state index >= 15 is 0 Å². The van der Waals surface area contributed by atoms with Crippen LogP contribution in [0, 0.1) is 0 Å². The highest BCUT2D eigenvalue weighted by atomic mass is 14.0.